The molecule has 0 heterocycles. The largest absolute Gasteiger partial charge is 0.324 e. The maximum atomic E-state index is 13.8. The van der Waals surface area contributed by atoms with E-state index in [2.05, 4.69) is 19.1 Å². The summed E-state index contributed by atoms with van der Waals surface area (Å²) in [6, 6.07) is 12.9. The molecular formula is C16H17ClFN. The molecule has 0 amide bonds. The second kappa shape index (κ2) is 6.18. The number of aryl methyl sites for hydroxylation is 1. The molecule has 0 saturated heterocycles. The third-order valence-electron chi connectivity index (χ3n) is 3.29. The lowest BCUT2D eigenvalue weighted by Gasteiger charge is -2.13. The third kappa shape index (κ3) is 3.34. The highest BCUT2D eigenvalue weighted by Gasteiger charge is 2.12. The second-order valence-corrected chi connectivity index (χ2v) is 5.03. The van der Waals surface area contributed by atoms with Gasteiger partial charge in [0.2, 0.25) is 0 Å². The molecule has 2 N–H and O–H groups in total. The third-order valence-corrected chi connectivity index (χ3v) is 3.58. The van der Waals surface area contributed by atoms with Crippen molar-refractivity contribution >= 4 is 11.6 Å². The van der Waals surface area contributed by atoms with Gasteiger partial charge in [-0.1, -0.05) is 54.9 Å². The molecule has 0 aliphatic rings. The molecule has 0 aliphatic heterocycles. The van der Waals surface area contributed by atoms with Crippen molar-refractivity contribution in [3.63, 3.8) is 0 Å². The molecule has 0 bridgehead atoms. The van der Waals surface area contributed by atoms with Crippen LogP contribution in [0.25, 0.3) is 0 Å². The van der Waals surface area contributed by atoms with Crippen LogP contribution in [-0.4, -0.2) is 0 Å². The fourth-order valence-electron chi connectivity index (χ4n) is 2.06. The molecule has 0 fully saturated rings. The van der Waals surface area contributed by atoms with E-state index < -0.39 is 0 Å². The molecule has 0 saturated carbocycles. The highest BCUT2D eigenvalue weighted by Crippen LogP contribution is 2.23. The zero-order valence-electron chi connectivity index (χ0n) is 10.9. The Bertz CT molecular complexity index is 551. The summed E-state index contributed by atoms with van der Waals surface area (Å²) in [4.78, 5) is 0. The maximum Gasteiger partial charge on any atom is 0.145 e. The lowest BCUT2D eigenvalue weighted by molar-refractivity contribution is 0.593. The minimum atomic E-state index is -0.371. The first-order valence-electron chi connectivity index (χ1n) is 6.39. The van der Waals surface area contributed by atoms with Crippen LogP contribution in [0.1, 0.15) is 29.7 Å². The molecule has 0 spiro atoms. The molecule has 1 unspecified atom stereocenters. The quantitative estimate of drug-likeness (QED) is 0.887. The van der Waals surface area contributed by atoms with Crippen molar-refractivity contribution in [1.82, 2.24) is 0 Å². The van der Waals surface area contributed by atoms with Gasteiger partial charge in [0.05, 0.1) is 5.02 Å². The Labute approximate surface area is 118 Å². The number of halogens is 2. The Morgan fingerprint density at radius 2 is 1.84 bits per heavy atom. The van der Waals surface area contributed by atoms with E-state index in [1.807, 2.05) is 12.1 Å². The van der Waals surface area contributed by atoms with Crippen LogP contribution >= 0.6 is 11.6 Å². The SMILES string of the molecule is CCc1ccc(C(N)Cc2cccc(Cl)c2F)cc1. The smallest absolute Gasteiger partial charge is 0.145 e. The van der Waals surface area contributed by atoms with E-state index in [1.54, 1.807) is 18.2 Å². The van der Waals surface area contributed by atoms with Crippen molar-refractivity contribution in [3.05, 3.63) is 70.0 Å². The summed E-state index contributed by atoms with van der Waals surface area (Å²) in [5.74, 6) is -0.371. The van der Waals surface area contributed by atoms with Crippen molar-refractivity contribution in [3.8, 4) is 0 Å². The summed E-state index contributed by atoms with van der Waals surface area (Å²) >= 11 is 5.77. The predicted molar refractivity (Wildman–Crippen MR) is 77.9 cm³/mol. The number of rotatable bonds is 4. The highest BCUT2D eigenvalue weighted by molar-refractivity contribution is 6.30. The van der Waals surface area contributed by atoms with Crippen LogP contribution in [0.5, 0.6) is 0 Å². The van der Waals surface area contributed by atoms with Gasteiger partial charge in [0.1, 0.15) is 5.82 Å². The van der Waals surface area contributed by atoms with Crippen LogP contribution in [-0.2, 0) is 12.8 Å². The second-order valence-electron chi connectivity index (χ2n) is 4.62. The van der Waals surface area contributed by atoms with E-state index in [-0.39, 0.29) is 16.9 Å². The van der Waals surface area contributed by atoms with Crippen LogP contribution in [0.3, 0.4) is 0 Å². The average Bonchev–Trinajstić information content (AvgIpc) is 2.44. The molecule has 3 heteroatoms. The molecule has 0 radical (unpaired) electrons. The Balaban J connectivity index is 2.15. The van der Waals surface area contributed by atoms with Gasteiger partial charge in [-0.25, -0.2) is 4.39 Å². The zero-order valence-corrected chi connectivity index (χ0v) is 11.6. The fourth-order valence-corrected chi connectivity index (χ4v) is 2.26. The van der Waals surface area contributed by atoms with Crippen LogP contribution in [0.4, 0.5) is 4.39 Å². The topological polar surface area (TPSA) is 26.0 Å². The van der Waals surface area contributed by atoms with E-state index in [0.717, 1.165) is 12.0 Å². The summed E-state index contributed by atoms with van der Waals surface area (Å²) in [7, 11) is 0. The molecule has 2 aromatic rings. The van der Waals surface area contributed by atoms with Crippen LogP contribution < -0.4 is 5.73 Å². The molecular weight excluding hydrogens is 261 g/mol. The van der Waals surface area contributed by atoms with Gasteiger partial charge in [0.15, 0.2) is 0 Å². The van der Waals surface area contributed by atoms with Crippen molar-refractivity contribution < 1.29 is 4.39 Å². The maximum absolute atomic E-state index is 13.8. The van der Waals surface area contributed by atoms with Crippen molar-refractivity contribution in [2.45, 2.75) is 25.8 Å². The van der Waals surface area contributed by atoms with Crippen molar-refractivity contribution in [2.75, 3.05) is 0 Å². The van der Waals surface area contributed by atoms with Gasteiger partial charge in [-0.15, -0.1) is 0 Å². The van der Waals surface area contributed by atoms with Gasteiger partial charge in [-0.3, -0.25) is 0 Å². The molecule has 2 rings (SSSR count). The molecule has 0 aliphatic carbocycles. The molecule has 1 nitrogen and oxygen atoms in total. The van der Waals surface area contributed by atoms with Gasteiger partial charge in [0, 0.05) is 6.04 Å². The Kier molecular flexibility index (Phi) is 4.56. The zero-order chi connectivity index (χ0) is 13.8. The highest BCUT2D eigenvalue weighted by atomic mass is 35.5. The molecule has 100 valence electrons. The van der Waals surface area contributed by atoms with Gasteiger partial charge < -0.3 is 5.73 Å². The summed E-state index contributed by atoms with van der Waals surface area (Å²) in [5.41, 5.74) is 8.96. The Morgan fingerprint density at radius 1 is 1.16 bits per heavy atom. The van der Waals surface area contributed by atoms with E-state index in [4.69, 9.17) is 17.3 Å². The van der Waals surface area contributed by atoms with E-state index in [1.165, 1.54) is 5.56 Å². The first-order chi connectivity index (χ1) is 9.11. The molecule has 0 aromatic heterocycles. The van der Waals surface area contributed by atoms with Crippen LogP contribution in [0, 0.1) is 5.82 Å². The van der Waals surface area contributed by atoms with Crippen molar-refractivity contribution in [2.24, 2.45) is 5.73 Å². The Morgan fingerprint density at radius 3 is 2.47 bits per heavy atom. The lowest BCUT2D eigenvalue weighted by Crippen LogP contribution is -2.14. The standard InChI is InChI=1S/C16H17ClFN/c1-2-11-6-8-12(9-7-11)15(19)10-13-4-3-5-14(17)16(13)18/h3-9,15H,2,10,19H2,1H3. The summed E-state index contributed by atoms with van der Waals surface area (Å²) in [6.45, 7) is 2.11. The monoisotopic (exact) mass is 277 g/mol. The lowest BCUT2D eigenvalue weighted by atomic mass is 9.98. The number of hydrogen-bond donors (Lipinski definition) is 1. The molecule has 1 atom stereocenters. The minimum absolute atomic E-state index is 0.144. The number of hydrogen-bond acceptors (Lipinski definition) is 1. The Hall–Kier alpha value is -1.38. The minimum Gasteiger partial charge on any atom is -0.324 e. The van der Waals surface area contributed by atoms with E-state index >= 15 is 0 Å². The fraction of sp³-hybridized carbons (Fsp3) is 0.250. The molecule has 2 aromatic carbocycles. The van der Waals surface area contributed by atoms with Gasteiger partial charge >= 0.3 is 0 Å². The van der Waals surface area contributed by atoms with Crippen LogP contribution in [0.15, 0.2) is 42.5 Å². The summed E-state index contributed by atoms with van der Waals surface area (Å²) < 4.78 is 13.8. The van der Waals surface area contributed by atoms with E-state index in [0.29, 0.717) is 12.0 Å². The van der Waals surface area contributed by atoms with Crippen molar-refractivity contribution in [1.29, 1.82) is 0 Å². The van der Waals surface area contributed by atoms with Gasteiger partial charge in [-0.05, 0) is 35.6 Å². The van der Waals surface area contributed by atoms with Gasteiger partial charge in [-0.2, -0.15) is 0 Å². The summed E-state index contributed by atoms with van der Waals surface area (Å²) in [5, 5.41) is 0.144. The van der Waals surface area contributed by atoms with Crippen LogP contribution in [0.2, 0.25) is 5.02 Å². The first-order valence-corrected chi connectivity index (χ1v) is 6.77. The number of benzene rings is 2. The normalized spacial score (nSPS) is 12.4. The first kappa shape index (κ1) is 14.0. The van der Waals surface area contributed by atoms with Gasteiger partial charge in [0.25, 0.3) is 0 Å². The average molecular weight is 278 g/mol. The molecule has 19 heavy (non-hydrogen) atoms. The predicted octanol–water partition coefficient (Wildman–Crippen LogP) is 4.28. The van der Waals surface area contributed by atoms with E-state index in [9.17, 15) is 4.39 Å². The summed E-state index contributed by atoms with van der Waals surface area (Å²) in [6.07, 6.45) is 1.44. The number of nitrogens with two attached hydrogens (primary N) is 1.